The number of carbonyl (C=O) groups is 3. The molecule has 12 nitrogen and oxygen atoms in total. The predicted octanol–water partition coefficient (Wildman–Crippen LogP) is 6.38. The fraction of sp³-hybridized carbons (Fsp3) is 0.513. The fourth-order valence-corrected chi connectivity index (χ4v) is 9.27. The Labute approximate surface area is 313 Å². The number of nitrogens with two attached hydrogens (primary N) is 1. The number of aromatic nitrogens is 2. The minimum absolute atomic E-state index is 0.0247. The SMILES string of the molecule is CC(C)(C)c1ccc(-c2nc(O[C@@H]3C[C@@H](C(N)=O)N(C(=O)CCCCCC/C=C\[C@@H]4C[C@@H]4C(=O)NS(=O)(=O)C4CC4)C3)c3oc4ccccc4c3n2)s1. The molecule has 1 saturated heterocycles. The number of rotatable bonds is 15. The van der Waals surface area contributed by atoms with Crippen LogP contribution in [0.2, 0.25) is 0 Å². The van der Waals surface area contributed by atoms with E-state index < -0.39 is 33.3 Å². The molecular weight excluding hydrogens is 715 g/mol. The monoisotopic (exact) mass is 761 g/mol. The first-order valence-corrected chi connectivity index (χ1v) is 20.9. The van der Waals surface area contributed by atoms with Gasteiger partial charge < -0.3 is 19.8 Å². The first-order valence-electron chi connectivity index (χ1n) is 18.6. The van der Waals surface area contributed by atoms with E-state index in [4.69, 9.17) is 24.9 Å². The van der Waals surface area contributed by atoms with Crippen molar-refractivity contribution >= 4 is 61.2 Å². The van der Waals surface area contributed by atoms with Crippen LogP contribution in [-0.4, -0.2) is 64.9 Å². The lowest BCUT2D eigenvalue weighted by Crippen LogP contribution is -2.43. The summed E-state index contributed by atoms with van der Waals surface area (Å²) >= 11 is 1.63. The van der Waals surface area contributed by atoms with Crippen molar-refractivity contribution in [1.82, 2.24) is 19.6 Å². The standard InChI is InChI=1S/C39H47N5O7S2/c1-39(2,3)31-19-18-30(52-31)36-41-33-26-13-10-11-14-29(26)51-34(33)38(42-36)50-24-21-28(35(40)46)44(22-24)32(45)15-9-7-5-4-6-8-12-23-20-27(23)37(47)43-53(48,49)25-16-17-25/h8,10-14,18-19,23-25,27-28H,4-7,9,15-17,20-22H2,1-3H3,(H2,40,46)(H,43,47)/b12-8-/t23-,24-,27+,28+/m1/s1. The normalized spacial score (nSPS) is 21.8. The van der Waals surface area contributed by atoms with E-state index >= 15 is 0 Å². The molecule has 2 saturated carbocycles. The molecule has 4 heterocycles. The molecule has 0 spiro atoms. The zero-order valence-electron chi connectivity index (χ0n) is 30.4. The van der Waals surface area contributed by atoms with Gasteiger partial charge >= 0.3 is 0 Å². The molecule has 4 aromatic rings. The molecule has 3 N–H and O–H groups in total. The third-order valence-corrected chi connectivity index (χ3v) is 13.6. The Hall–Kier alpha value is -4.30. The Morgan fingerprint density at radius 1 is 1.06 bits per heavy atom. The van der Waals surface area contributed by atoms with Gasteiger partial charge in [-0.3, -0.25) is 19.1 Å². The number of carbonyl (C=O) groups excluding carboxylic acids is 3. The highest BCUT2D eigenvalue weighted by Crippen LogP contribution is 2.41. The van der Waals surface area contributed by atoms with E-state index in [9.17, 15) is 22.8 Å². The van der Waals surface area contributed by atoms with Crippen molar-refractivity contribution in [2.24, 2.45) is 17.6 Å². The predicted molar refractivity (Wildman–Crippen MR) is 204 cm³/mol. The molecule has 53 heavy (non-hydrogen) atoms. The zero-order valence-corrected chi connectivity index (χ0v) is 32.0. The summed E-state index contributed by atoms with van der Waals surface area (Å²) in [6.07, 6.45) is 10.3. The maximum absolute atomic E-state index is 13.4. The number of furan rings is 1. The highest BCUT2D eigenvalue weighted by atomic mass is 32.2. The fourth-order valence-electron chi connectivity index (χ4n) is 6.92. The third-order valence-electron chi connectivity index (χ3n) is 10.2. The largest absolute Gasteiger partial charge is 0.470 e. The third kappa shape index (κ3) is 8.43. The van der Waals surface area contributed by atoms with Crippen molar-refractivity contribution in [3.8, 4) is 16.6 Å². The number of allylic oxidation sites excluding steroid dienone is 2. The molecule has 3 fully saturated rings. The van der Waals surface area contributed by atoms with Crippen LogP contribution in [0, 0.1) is 11.8 Å². The molecule has 0 bridgehead atoms. The summed E-state index contributed by atoms with van der Waals surface area (Å²) in [7, 11) is -3.50. The van der Waals surface area contributed by atoms with Crippen molar-refractivity contribution in [3.05, 3.63) is 53.4 Å². The molecule has 7 rings (SSSR count). The van der Waals surface area contributed by atoms with E-state index in [0.29, 0.717) is 54.6 Å². The Morgan fingerprint density at radius 2 is 1.83 bits per heavy atom. The summed E-state index contributed by atoms with van der Waals surface area (Å²) in [5.74, 6) is -0.463. The number of hydrogen-bond donors (Lipinski definition) is 2. The highest BCUT2D eigenvalue weighted by Gasteiger charge is 2.45. The van der Waals surface area contributed by atoms with E-state index in [1.165, 1.54) is 4.88 Å². The topological polar surface area (TPSA) is 175 Å². The molecule has 282 valence electrons. The van der Waals surface area contributed by atoms with E-state index in [1.54, 1.807) is 16.2 Å². The lowest BCUT2D eigenvalue weighted by molar-refractivity contribution is -0.137. The quantitative estimate of drug-likeness (QED) is 0.103. The number of fused-ring (bicyclic) bond motifs is 3. The van der Waals surface area contributed by atoms with Crippen molar-refractivity contribution in [3.63, 3.8) is 0 Å². The first kappa shape index (κ1) is 37.0. The molecule has 3 aromatic heterocycles. The number of sulfonamides is 1. The van der Waals surface area contributed by atoms with Crippen LogP contribution >= 0.6 is 11.3 Å². The summed E-state index contributed by atoms with van der Waals surface area (Å²) in [6.45, 7) is 6.70. The lowest BCUT2D eigenvalue weighted by atomic mass is 9.95. The van der Waals surface area contributed by atoms with Gasteiger partial charge in [-0.1, -0.05) is 57.9 Å². The Balaban J connectivity index is 0.921. The summed E-state index contributed by atoms with van der Waals surface area (Å²) < 4.78 is 38.9. The number of thiophene rings is 1. The summed E-state index contributed by atoms with van der Waals surface area (Å²) in [4.78, 5) is 51.5. The van der Waals surface area contributed by atoms with Crippen LogP contribution in [0.15, 0.2) is 53.0 Å². The molecule has 14 heteroatoms. The number of para-hydroxylation sites is 1. The smallest absolute Gasteiger partial charge is 0.262 e. The number of nitrogens with one attached hydrogen (secondary N) is 1. The number of ether oxygens (including phenoxy) is 1. The van der Waals surface area contributed by atoms with E-state index in [2.05, 4.69) is 37.6 Å². The summed E-state index contributed by atoms with van der Waals surface area (Å²) in [5.41, 5.74) is 7.48. The maximum Gasteiger partial charge on any atom is 0.262 e. The highest BCUT2D eigenvalue weighted by molar-refractivity contribution is 7.90. The Kier molecular flexibility index (Phi) is 10.4. The molecule has 3 amide bonds. The molecule has 0 radical (unpaired) electrons. The van der Waals surface area contributed by atoms with E-state index in [-0.39, 0.29) is 47.9 Å². The van der Waals surface area contributed by atoms with Crippen LogP contribution < -0.4 is 15.2 Å². The van der Waals surface area contributed by atoms with Crippen LogP contribution in [0.1, 0.15) is 89.9 Å². The molecular formula is C39H47N5O7S2. The molecule has 0 unspecified atom stereocenters. The van der Waals surface area contributed by atoms with Gasteiger partial charge in [0.05, 0.1) is 16.7 Å². The molecule has 4 atom stereocenters. The molecule has 1 aliphatic heterocycles. The van der Waals surface area contributed by atoms with Gasteiger partial charge in [0.2, 0.25) is 33.3 Å². The van der Waals surface area contributed by atoms with Crippen molar-refractivity contribution in [2.45, 2.75) is 108 Å². The number of likely N-dealkylation sites (tertiary alicyclic amines) is 1. The van der Waals surface area contributed by atoms with Crippen LogP contribution in [-0.2, 0) is 29.8 Å². The van der Waals surface area contributed by atoms with Gasteiger partial charge in [0.25, 0.3) is 5.88 Å². The molecule has 2 aliphatic carbocycles. The van der Waals surface area contributed by atoms with Gasteiger partial charge in [-0.2, -0.15) is 4.98 Å². The number of unbranched alkanes of at least 4 members (excludes halogenated alkanes) is 4. The zero-order chi connectivity index (χ0) is 37.5. The average Bonchev–Trinajstić information content (AvgIpc) is 3.97. The average molecular weight is 762 g/mol. The second kappa shape index (κ2) is 14.8. The van der Waals surface area contributed by atoms with Gasteiger partial charge in [0, 0.05) is 29.0 Å². The second-order valence-electron chi connectivity index (χ2n) is 15.6. The minimum atomic E-state index is -3.50. The number of primary amides is 1. The maximum atomic E-state index is 13.4. The van der Waals surface area contributed by atoms with E-state index in [0.717, 1.165) is 35.9 Å². The minimum Gasteiger partial charge on any atom is -0.470 e. The summed E-state index contributed by atoms with van der Waals surface area (Å²) in [5, 5.41) is 0.441. The van der Waals surface area contributed by atoms with Crippen LogP contribution in [0.25, 0.3) is 32.8 Å². The Bertz CT molecular complexity index is 2160. The van der Waals surface area contributed by atoms with Crippen LogP contribution in [0.4, 0.5) is 0 Å². The number of amides is 3. The molecule has 1 aromatic carbocycles. The van der Waals surface area contributed by atoms with E-state index in [1.807, 2.05) is 36.4 Å². The van der Waals surface area contributed by atoms with Crippen LogP contribution in [0.3, 0.4) is 0 Å². The lowest BCUT2D eigenvalue weighted by Gasteiger charge is -2.21. The Morgan fingerprint density at radius 3 is 2.57 bits per heavy atom. The van der Waals surface area contributed by atoms with Gasteiger partial charge in [-0.05, 0) is 74.1 Å². The van der Waals surface area contributed by atoms with Gasteiger partial charge in [0.15, 0.2) is 5.82 Å². The first-order chi connectivity index (χ1) is 25.3. The number of nitrogens with zero attached hydrogens (tertiary/aromatic N) is 3. The van der Waals surface area contributed by atoms with Gasteiger partial charge in [-0.25, -0.2) is 13.4 Å². The van der Waals surface area contributed by atoms with Gasteiger partial charge in [0.1, 0.15) is 23.2 Å². The van der Waals surface area contributed by atoms with Crippen molar-refractivity contribution in [2.75, 3.05) is 6.54 Å². The summed E-state index contributed by atoms with van der Waals surface area (Å²) in [6, 6.07) is 11.0. The molecule has 3 aliphatic rings. The number of hydrogen-bond acceptors (Lipinski definition) is 10. The van der Waals surface area contributed by atoms with Crippen molar-refractivity contribution in [1.29, 1.82) is 0 Å². The van der Waals surface area contributed by atoms with Crippen LogP contribution in [0.5, 0.6) is 5.88 Å². The van der Waals surface area contributed by atoms with Gasteiger partial charge in [-0.15, -0.1) is 11.3 Å². The second-order valence-corrected chi connectivity index (χ2v) is 18.6. The van der Waals surface area contributed by atoms with Crippen molar-refractivity contribution < 1.29 is 32.0 Å². The number of benzene rings is 1.